The third-order valence-corrected chi connectivity index (χ3v) is 8.77. The lowest BCUT2D eigenvalue weighted by Gasteiger charge is -2.59. The molecule has 230 valence electrons. The van der Waals surface area contributed by atoms with Crippen molar-refractivity contribution in [1.29, 1.82) is 0 Å². The zero-order valence-electron chi connectivity index (χ0n) is 24.5. The van der Waals surface area contributed by atoms with Crippen molar-refractivity contribution in [2.45, 2.75) is 116 Å². The van der Waals surface area contributed by atoms with Crippen LogP contribution < -0.4 is 0 Å². The topological polar surface area (TPSA) is 192 Å². The summed E-state index contributed by atoms with van der Waals surface area (Å²) in [5.74, 6) is -6.53. The third kappa shape index (κ3) is 5.59. The van der Waals surface area contributed by atoms with Gasteiger partial charge in [-0.1, -0.05) is 19.4 Å². The molecule has 1 saturated heterocycles. The SMILES string of the molecule is CC(=O)O[C@H]1C/C(C)=C\[C@@H]2OC(=O)[C@](C)(O)[C@@]2(O)[C@@H](OC(C)=O)[C@H]2[C@@H](C)[C@@H](O)C[C@H](OC(C)=O)[C@]2(C)[C@H]1OC(C)=O. The first-order valence-corrected chi connectivity index (χ1v) is 13.5. The number of aliphatic hydroxyl groups excluding tert-OH is 1. The summed E-state index contributed by atoms with van der Waals surface area (Å²) in [6, 6.07) is 0. The average Bonchev–Trinajstić information content (AvgIpc) is 2.98. The number of carbonyl (C=O) groups excluding carboxylic acids is 5. The number of fused-ring (bicyclic) bond motifs is 2. The first-order chi connectivity index (χ1) is 18.8. The lowest BCUT2D eigenvalue weighted by atomic mass is 9.52. The minimum absolute atomic E-state index is 0.0892. The monoisotopic (exact) mass is 584 g/mol. The van der Waals surface area contributed by atoms with Gasteiger partial charge in [0.2, 0.25) is 0 Å². The fourth-order valence-corrected chi connectivity index (χ4v) is 6.88. The largest absolute Gasteiger partial charge is 0.462 e. The Kier molecular flexibility index (Phi) is 8.98. The first-order valence-electron chi connectivity index (χ1n) is 13.5. The summed E-state index contributed by atoms with van der Waals surface area (Å²) in [5.41, 5.74) is -6.52. The second kappa shape index (κ2) is 11.3. The van der Waals surface area contributed by atoms with Gasteiger partial charge in [0, 0.05) is 46.5 Å². The van der Waals surface area contributed by atoms with Crippen LogP contribution in [0.25, 0.3) is 0 Å². The molecule has 0 aromatic heterocycles. The highest BCUT2D eigenvalue weighted by Crippen LogP contribution is 2.57. The Hall–Kier alpha value is -3.03. The Morgan fingerprint density at radius 3 is 1.93 bits per heavy atom. The molecule has 11 atom stereocenters. The Morgan fingerprint density at radius 2 is 1.41 bits per heavy atom. The normalized spacial score (nSPS) is 43.7. The molecule has 2 fully saturated rings. The predicted molar refractivity (Wildman–Crippen MR) is 137 cm³/mol. The van der Waals surface area contributed by atoms with Gasteiger partial charge in [-0.2, -0.15) is 0 Å². The highest BCUT2D eigenvalue weighted by molar-refractivity contribution is 5.84. The zero-order chi connectivity index (χ0) is 31.2. The van der Waals surface area contributed by atoms with Gasteiger partial charge in [0.25, 0.3) is 0 Å². The van der Waals surface area contributed by atoms with Crippen molar-refractivity contribution in [2.24, 2.45) is 17.3 Å². The van der Waals surface area contributed by atoms with Crippen molar-refractivity contribution in [1.82, 2.24) is 0 Å². The fraction of sp³-hybridized carbons (Fsp3) is 0.750. The van der Waals surface area contributed by atoms with E-state index in [2.05, 4.69) is 0 Å². The van der Waals surface area contributed by atoms with Crippen LogP contribution in [-0.2, 0) is 47.7 Å². The Morgan fingerprint density at radius 1 is 0.902 bits per heavy atom. The molecule has 0 aromatic carbocycles. The molecule has 0 amide bonds. The van der Waals surface area contributed by atoms with E-state index in [4.69, 9.17) is 23.7 Å². The van der Waals surface area contributed by atoms with Gasteiger partial charge in [0.1, 0.15) is 24.4 Å². The molecule has 3 N–H and O–H groups in total. The van der Waals surface area contributed by atoms with Gasteiger partial charge in [0.05, 0.1) is 11.5 Å². The maximum absolute atomic E-state index is 13.0. The smallest absolute Gasteiger partial charge is 0.341 e. The van der Waals surface area contributed by atoms with Gasteiger partial charge in [-0.3, -0.25) is 19.2 Å². The van der Waals surface area contributed by atoms with E-state index in [0.717, 1.165) is 34.6 Å². The van der Waals surface area contributed by atoms with Crippen molar-refractivity contribution in [3.8, 4) is 0 Å². The van der Waals surface area contributed by atoms with Crippen LogP contribution in [0, 0.1) is 17.3 Å². The molecule has 1 saturated carbocycles. The predicted octanol–water partition coefficient (Wildman–Crippen LogP) is 0.494. The van der Waals surface area contributed by atoms with Crippen LogP contribution in [-0.4, -0.2) is 93.0 Å². The van der Waals surface area contributed by atoms with E-state index in [1.165, 1.54) is 6.08 Å². The summed E-state index contributed by atoms with van der Waals surface area (Å²) in [6.07, 6.45) is -7.32. The number of hydrogen-bond donors (Lipinski definition) is 3. The van der Waals surface area contributed by atoms with E-state index in [1.54, 1.807) is 20.8 Å². The molecule has 0 unspecified atom stereocenters. The molecule has 0 radical (unpaired) electrons. The average molecular weight is 585 g/mol. The van der Waals surface area contributed by atoms with E-state index in [9.17, 15) is 39.3 Å². The highest BCUT2D eigenvalue weighted by Gasteiger charge is 2.74. The van der Waals surface area contributed by atoms with Crippen molar-refractivity contribution in [3.05, 3.63) is 11.6 Å². The number of esters is 5. The van der Waals surface area contributed by atoms with Crippen LogP contribution in [0.15, 0.2) is 11.6 Å². The van der Waals surface area contributed by atoms with Crippen molar-refractivity contribution >= 4 is 29.8 Å². The maximum atomic E-state index is 13.0. The molecule has 41 heavy (non-hydrogen) atoms. The second-order valence-electron chi connectivity index (χ2n) is 11.8. The minimum Gasteiger partial charge on any atom is -0.462 e. The zero-order valence-corrected chi connectivity index (χ0v) is 24.5. The number of carbonyl (C=O) groups is 5. The highest BCUT2D eigenvalue weighted by atomic mass is 16.6. The van der Waals surface area contributed by atoms with Crippen molar-refractivity contribution in [3.63, 3.8) is 0 Å². The van der Waals surface area contributed by atoms with Crippen LogP contribution in [0.1, 0.15) is 68.2 Å². The summed E-state index contributed by atoms with van der Waals surface area (Å²) >= 11 is 0. The van der Waals surface area contributed by atoms with Crippen LogP contribution in [0.3, 0.4) is 0 Å². The molecule has 3 rings (SSSR count). The fourth-order valence-electron chi connectivity index (χ4n) is 6.88. The van der Waals surface area contributed by atoms with Gasteiger partial charge < -0.3 is 39.0 Å². The second-order valence-corrected chi connectivity index (χ2v) is 11.8. The molecule has 1 heterocycles. The molecule has 3 aliphatic rings. The van der Waals surface area contributed by atoms with Crippen LogP contribution in [0.4, 0.5) is 0 Å². The summed E-state index contributed by atoms with van der Waals surface area (Å²) in [7, 11) is 0. The van der Waals surface area contributed by atoms with Gasteiger partial charge >= 0.3 is 29.8 Å². The van der Waals surface area contributed by atoms with Crippen LogP contribution in [0.5, 0.6) is 0 Å². The standard InChI is InChI=1S/C28H40O13/c1-12-9-19(37-14(3)29)23(39-16(5)31)26(7)20(38-15(4)30)11-18(33)13(2)22(26)24(40-17(6)32)28(36)21(10-12)41-25(34)27(28,8)35/h10,13,18-24,33,35-36H,9,11H2,1-8H3/b12-10-/t13-,18-,19-,20-,21-,22+,23-,24-,26-,27-,28-/m0/s1. The van der Waals surface area contributed by atoms with Gasteiger partial charge in [-0.25, -0.2) is 4.79 Å². The summed E-state index contributed by atoms with van der Waals surface area (Å²) in [5, 5.41) is 35.0. The van der Waals surface area contributed by atoms with Gasteiger partial charge in [-0.05, 0) is 25.8 Å². The van der Waals surface area contributed by atoms with Crippen molar-refractivity contribution in [2.75, 3.05) is 0 Å². The van der Waals surface area contributed by atoms with E-state index < -0.39 is 94.9 Å². The molecule has 1 aliphatic heterocycles. The van der Waals surface area contributed by atoms with E-state index in [0.29, 0.717) is 5.57 Å². The van der Waals surface area contributed by atoms with Crippen LogP contribution >= 0.6 is 0 Å². The molecule has 13 heteroatoms. The van der Waals surface area contributed by atoms with E-state index in [1.807, 2.05) is 0 Å². The Labute approximate surface area is 238 Å². The molecular formula is C28H40O13. The van der Waals surface area contributed by atoms with E-state index >= 15 is 0 Å². The molecule has 0 spiro atoms. The number of aliphatic hydroxyl groups is 3. The Balaban J connectivity index is 2.50. The minimum atomic E-state index is -2.63. The lowest BCUT2D eigenvalue weighted by molar-refractivity contribution is -0.271. The summed E-state index contributed by atoms with van der Waals surface area (Å²) < 4.78 is 28.3. The molecule has 0 bridgehead atoms. The van der Waals surface area contributed by atoms with Crippen LogP contribution in [0.2, 0.25) is 0 Å². The summed E-state index contributed by atoms with van der Waals surface area (Å²) in [4.78, 5) is 62.7. The third-order valence-electron chi connectivity index (χ3n) is 8.77. The van der Waals surface area contributed by atoms with Gasteiger partial charge in [0.15, 0.2) is 17.3 Å². The number of rotatable bonds is 4. The van der Waals surface area contributed by atoms with Gasteiger partial charge in [-0.15, -0.1) is 0 Å². The molecule has 0 aromatic rings. The first kappa shape index (κ1) is 32.5. The van der Waals surface area contributed by atoms with E-state index in [-0.39, 0.29) is 12.8 Å². The molecule has 13 nitrogen and oxygen atoms in total. The maximum Gasteiger partial charge on any atom is 0.341 e. The lowest BCUT2D eigenvalue weighted by Crippen LogP contribution is -2.73. The van der Waals surface area contributed by atoms with Crippen molar-refractivity contribution < 1.29 is 63.0 Å². The summed E-state index contributed by atoms with van der Waals surface area (Å²) in [6.45, 7) is 10.2. The number of ether oxygens (including phenoxy) is 5. The quantitative estimate of drug-likeness (QED) is 0.235. The molecule has 2 aliphatic carbocycles. The Bertz CT molecular complexity index is 1130. The molecular weight excluding hydrogens is 544 g/mol. The number of hydrogen-bond acceptors (Lipinski definition) is 13.